The van der Waals surface area contributed by atoms with Crippen LogP contribution >= 0.6 is 0 Å². The fourth-order valence-corrected chi connectivity index (χ4v) is 1.61. The van der Waals surface area contributed by atoms with Crippen molar-refractivity contribution in [3.63, 3.8) is 0 Å². The van der Waals surface area contributed by atoms with E-state index in [1.165, 1.54) is 0 Å². The van der Waals surface area contributed by atoms with Crippen LogP contribution in [0.3, 0.4) is 0 Å². The van der Waals surface area contributed by atoms with Gasteiger partial charge in [0.05, 0.1) is 17.1 Å². The number of aromatic nitrogens is 1. The van der Waals surface area contributed by atoms with E-state index in [1.807, 2.05) is 0 Å². The summed E-state index contributed by atoms with van der Waals surface area (Å²) in [5.74, 6) is -0.940. The molecule has 0 aliphatic heterocycles. The van der Waals surface area contributed by atoms with E-state index >= 15 is 0 Å². The molecule has 0 fully saturated rings. The zero-order valence-electron chi connectivity index (χ0n) is 10.4. The molecule has 0 bridgehead atoms. The zero-order valence-corrected chi connectivity index (χ0v) is 10.4. The highest BCUT2D eigenvalue weighted by Gasteiger charge is 2.22. The fraction of sp³-hybridized carbons (Fsp3) is 0.167. The Kier molecular flexibility index (Phi) is 3.65. The van der Waals surface area contributed by atoms with Crippen molar-refractivity contribution in [1.29, 1.82) is 0 Å². The van der Waals surface area contributed by atoms with E-state index in [9.17, 15) is 20.0 Å². The molecule has 104 valence electrons. The maximum atomic E-state index is 11.7. The predicted molar refractivity (Wildman–Crippen MR) is 66.2 cm³/mol. The Labute approximate surface area is 112 Å². The van der Waals surface area contributed by atoms with Crippen LogP contribution in [-0.2, 0) is 4.74 Å². The molecule has 0 radical (unpaired) electrons. The fourth-order valence-electron chi connectivity index (χ4n) is 1.61. The highest BCUT2D eigenvalue weighted by Crippen LogP contribution is 2.33. The Bertz CT molecular complexity index is 664. The number of phenols is 1. The first-order valence-electron chi connectivity index (χ1n) is 5.63. The number of esters is 1. The quantitative estimate of drug-likeness (QED) is 0.517. The van der Waals surface area contributed by atoms with Crippen molar-refractivity contribution >= 4 is 11.7 Å². The highest BCUT2D eigenvalue weighted by atomic mass is 16.6. The van der Waals surface area contributed by atoms with Crippen LogP contribution in [0.2, 0.25) is 0 Å². The Morgan fingerprint density at radius 1 is 1.55 bits per heavy atom. The molecule has 0 saturated carbocycles. The minimum absolute atomic E-state index is 0.00958. The van der Waals surface area contributed by atoms with E-state index in [4.69, 9.17) is 9.26 Å². The van der Waals surface area contributed by atoms with Crippen LogP contribution in [0.15, 0.2) is 29.0 Å². The van der Waals surface area contributed by atoms with Crippen molar-refractivity contribution in [2.75, 3.05) is 6.61 Å². The highest BCUT2D eigenvalue weighted by molar-refractivity contribution is 5.96. The van der Waals surface area contributed by atoms with Gasteiger partial charge in [0.15, 0.2) is 0 Å². The first kappa shape index (κ1) is 13.5. The second-order valence-electron chi connectivity index (χ2n) is 3.76. The smallest absolute Gasteiger partial charge is 0.343 e. The lowest BCUT2D eigenvalue weighted by Crippen LogP contribution is -2.05. The monoisotopic (exact) mass is 278 g/mol. The van der Waals surface area contributed by atoms with Gasteiger partial charge in [0.2, 0.25) is 0 Å². The van der Waals surface area contributed by atoms with Gasteiger partial charge in [0.25, 0.3) is 5.69 Å². The lowest BCUT2D eigenvalue weighted by molar-refractivity contribution is -0.384. The summed E-state index contributed by atoms with van der Waals surface area (Å²) in [5, 5.41) is 24.1. The van der Waals surface area contributed by atoms with Gasteiger partial charge in [-0.25, -0.2) is 4.79 Å². The number of carbonyl (C=O) groups excluding carboxylic acids is 1. The minimum atomic E-state index is -0.686. The van der Waals surface area contributed by atoms with Crippen LogP contribution in [0.4, 0.5) is 5.69 Å². The molecule has 0 unspecified atom stereocenters. The molecular formula is C12H10N2O6. The van der Waals surface area contributed by atoms with Crippen molar-refractivity contribution in [1.82, 2.24) is 5.16 Å². The van der Waals surface area contributed by atoms with Crippen molar-refractivity contribution in [2.24, 2.45) is 0 Å². The summed E-state index contributed by atoms with van der Waals surface area (Å²) in [7, 11) is 0. The Hall–Kier alpha value is -2.90. The van der Waals surface area contributed by atoms with Crippen LogP contribution < -0.4 is 0 Å². The first-order valence-corrected chi connectivity index (χ1v) is 5.63. The maximum Gasteiger partial charge on any atom is 0.343 e. The lowest BCUT2D eigenvalue weighted by atomic mass is 10.1. The normalized spacial score (nSPS) is 10.2. The average Bonchev–Trinajstić information content (AvgIpc) is 2.88. The number of nitro benzene ring substituents is 1. The van der Waals surface area contributed by atoms with E-state index in [2.05, 4.69) is 5.16 Å². The molecule has 2 aromatic rings. The number of non-ortho nitro benzene ring substituents is 1. The largest absolute Gasteiger partial charge is 0.507 e. The van der Waals surface area contributed by atoms with Gasteiger partial charge in [-0.2, -0.15) is 0 Å². The molecular weight excluding hydrogens is 268 g/mol. The number of hydrogen-bond donors (Lipinski definition) is 1. The molecule has 1 heterocycles. The lowest BCUT2D eigenvalue weighted by Gasteiger charge is -2.03. The third-order valence-corrected chi connectivity index (χ3v) is 2.51. The molecule has 2 rings (SSSR count). The molecule has 8 heteroatoms. The summed E-state index contributed by atoms with van der Waals surface area (Å²) in [4.78, 5) is 21.8. The second-order valence-corrected chi connectivity index (χ2v) is 3.76. The van der Waals surface area contributed by atoms with Gasteiger partial charge < -0.3 is 14.4 Å². The number of aromatic hydroxyl groups is 1. The summed E-state index contributed by atoms with van der Waals surface area (Å²) in [6.07, 6.45) is 1.06. The van der Waals surface area contributed by atoms with Gasteiger partial charge in [-0.05, 0) is 13.0 Å². The molecule has 0 aliphatic rings. The summed E-state index contributed by atoms with van der Waals surface area (Å²) in [5.41, 5.74) is -0.237. The van der Waals surface area contributed by atoms with Gasteiger partial charge in [0.1, 0.15) is 23.3 Å². The third-order valence-electron chi connectivity index (χ3n) is 2.51. The standard InChI is InChI=1S/C12H10N2O6/c1-2-19-12(16)9-6-20-13-11(9)8-5-7(14(17)18)3-4-10(8)15/h3-6,15H,2H2,1H3. The number of nitro groups is 1. The van der Waals surface area contributed by atoms with Gasteiger partial charge >= 0.3 is 5.97 Å². The third kappa shape index (κ3) is 2.44. The van der Waals surface area contributed by atoms with Crippen molar-refractivity contribution in [2.45, 2.75) is 6.92 Å². The molecule has 20 heavy (non-hydrogen) atoms. The Balaban J connectivity index is 2.52. The number of benzene rings is 1. The van der Waals surface area contributed by atoms with Crippen molar-refractivity contribution < 1.29 is 24.1 Å². The van der Waals surface area contributed by atoms with Crippen molar-refractivity contribution in [3.05, 3.63) is 40.1 Å². The van der Waals surface area contributed by atoms with Gasteiger partial charge in [-0.3, -0.25) is 10.1 Å². The SMILES string of the molecule is CCOC(=O)c1conc1-c1cc([N+](=O)[O-])ccc1O. The molecule has 0 saturated heterocycles. The zero-order chi connectivity index (χ0) is 14.7. The number of nitrogens with zero attached hydrogens (tertiary/aromatic N) is 2. The predicted octanol–water partition coefficient (Wildman–Crippen LogP) is 2.13. The molecule has 0 amide bonds. The van der Waals surface area contributed by atoms with Crippen LogP contribution in [-0.4, -0.2) is 27.8 Å². The average molecular weight is 278 g/mol. The number of phenolic OH excluding ortho intramolecular Hbond substituents is 1. The molecule has 1 aromatic carbocycles. The second kappa shape index (κ2) is 5.39. The minimum Gasteiger partial charge on any atom is -0.507 e. The van der Waals surface area contributed by atoms with Crippen LogP contribution in [0.5, 0.6) is 5.75 Å². The van der Waals surface area contributed by atoms with E-state index in [-0.39, 0.29) is 34.9 Å². The number of ether oxygens (including phenoxy) is 1. The summed E-state index contributed by atoms with van der Waals surface area (Å²) >= 11 is 0. The Morgan fingerprint density at radius 3 is 2.95 bits per heavy atom. The van der Waals surface area contributed by atoms with Crippen molar-refractivity contribution in [3.8, 4) is 17.0 Å². The Morgan fingerprint density at radius 2 is 2.30 bits per heavy atom. The van der Waals surface area contributed by atoms with Gasteiger partial charge in [-0.15, -0.1) is 0 Å². The van der Waals surface area contributed by atoms with Crippen LogP contribution in [0.25, 0.3) is 11.3 Å². The summed E-state index contributed by atoms with van der Waals surface area (Å²) < 4.78 is 9.50. The molecule has 0 atom stereocenters. The van der Waals surface area contributed by atoms with Crippen LogP contribution in [0, 0.1) is 10.1 Å². The van der Waals surface area contributed by atoms with Gasteiger partial charge in [0, 0.05) is 12.1 Å². The summed E-state index contributed by atoms with van der Waals surface area (Å²) in [6.45, 7) is 1.79. The molecule has 0 aliphatic carbocycles. The number of carbonyl (C=O) groups is 1. The molecule has 1 N–H and O–H groups in total. The summed E-state index contributed by atoms with van der Waals surface area (Å²) in [6, 6.07) is 3.40. The first-order chi connectivity index (χ1) is 9.54. The van der Waals surface area contributed by atoms with E-state index in [1.54, 1.807) is 6.92 Å². The molecule has 8 nitrogen and oxygen atoms in total. The molecule has 1 aromatic heterocycles. The number of rotatable bonds is 4. The van der Waals surface area contributed by atoms with Crippen LogP contribution in [0.1, 0.15) is 17.3 Å². The maximum absolute atomic E-state index is 11.7. The topological polar surface area (TPSA) is 116 Å². The van der Waals surface area contributed by atoms with E-state index in [0.717, 1.165) is 24.5 Å². The number of hydrogen-bond acceptors (Lipinski definition) is 7. The van der Waals surface area contributed by atoms with E-state index in [0.29, 0.717) is 0 Å². The molecule has 0 spiro atoms. The van der Waals surface area contributed by atoms with E-state index < -0.39 is 10.9 Å². The van der Waals surface area contributed by atoms with Gasteiger partial charge in [-0.1, -0.05) is 5.16 Å².